The van der Waals surface area contributed by atoms with Gasteiger partial charge in [-0.05, 0) is 51.5 Å². The first-order valence-corrected chi connectivity index (χ1v) is 10.5. The van der Waals surface area contributed by atoms with Gasteiger partial charge in [-0.25, -0.2) is 8.78 Å². The van der Waals surface area contributed by atoms with E-state index < -0.39 is 41.3 Å². The van der Waals surface area contributed by atoms with Crippen LogP contribution in [0.1, 0.15) is 51.9 Å². The van der Waals surface area contributed by atoms with Crippen LogP contribution in [0.25, 0.3) is 0 Å². The Kier molecular flexibility index (Phi) is 5.22. The summed E-state index contributed by atoms with van der Waals surface area (Å²) in [5.41, 5.74) is 1.14. The summed E-state index contributed by atoms with van der Waals surface area (Å²) in [7, 11) is 0. The molecule has 0 unspecified atom stereocenters. The van der Waals surface area contributed by atoms with Crippen molar-refractivity contribution in [1.29, 1.82) is 5.26 Å². The Bertz CT molecular complexity index is 787. The van der Waals surface area contributed by atoms with E-state index in [0.717, 1.165) is 25.9 Å². The number of hydrogen-bond acceptors (Lipinski definition) is 6. The smallest absolute Gasteiger partial charge is 0.270 e. The van der Waals surface area contributed by atoms with E-state index in [2.05, 4.69) is 21.0 Å². The molecule has 3 N–H and O–H groups in total. The molecule has 1 atom stereocenters. The van der Waals surface area contributed by atoms with Crippen molar-refractivity contribution < 1.29 is 23.2 Å². The lowest BCUT2D eigenvalue weighted by Crippen LogP contribution is -2.52. The molecule has 4 rings (SSSR count). The third-order valence-electron chi connectivity index (χ3n) is 6.23. The van der Waals surface area contributed by atoms with E-state index in [9.17, 15) is 18.4 Å². The highest BCUT2D eigenvalue weighted by atomic mass is 19.3. The van der Waals surface area contributed by atoms with Crippen LogP contribution in [-0.4, -0.2) is 58.9 Å². The van der Waals surface area contributed by atoms with Crippen molar-refractivity contribution in [2.75, 3.05) is 13.1 Å². The molecule has 0 aromatic rings. The van der Waals surface area contributed by atoms with Crippen LogP contribution in [0, 0.1) is 11.3 Å². The van der Waals surface area contributed by atoms with Gasteiger partial charge in [0.15, 0.2) is 0 Å². The Morgan fingerprint density at radius 2 is 2.03 bits per heavy atom. The maximum atomic E-state index is 13.6. The van der Waals surface area contributed by atoms with Gasteiger partial charge in [0.05, 0.1) is 6.07 Å². The van der Waals surface area contributed by atoms with Gasteiger partial charge in [-0.2, -0.15) is 5.26 Å². The van der Waals surface area contributed by atoms with E-state index in [4.69, 9.17) is 10.1 Å². The van der Waals surface area contributed by atoms with Crippen LogP contribution >= 0.6 is 0 Å². The van der Waals surface area contributed by atoms with Crippen LogP contribution in [0.3, 0.4) is 0 Å². The molecular formula is C20H27F2N5O3. The second-order valence-electron chi connectivity index (χ2n) is 9.08. The molecule has 0 aromatic heterocycles. The number of amides is 2. The van der Waals surface area contributed by atoms with Crippen molar-refractivity contribution in [1.82, 2.24) is 21.0 Å². The number of nitrogens with zero attached hydrogens (tertiary/aromatic N) is 2. The molecular weight excluding hydrogens is 396 g/mol. The van der Waals surface area contributed by atoms with Crippen LogP contribution in [0.4, 0.5) is 8.78 Å². The van der Waals surface area contributed by atoms with Crippen molar-refractivity contribution in [2.45, 2.75) is 81.0 Å². The van der Waals surface area contributed by atoms with Gasteiger partial charge < -0.3 is 15.5 Å². The van der Waals surface area contributed by atoms with Gasteiger partial charge in [0.2, 0.25) is 11.8 Å². The minimum Gasteiger partial charge on any atom is -0.339 e. The first-order chi connectivity index (χ1) is 14.1. The lowest BCUT2D eigenvalue weighted by Gasteiger charge is -2.36. The van der Waals surface area contributed by atoms with Crippen molar-refractivity contribution in [2.24, 2.45) is 0 Å². The highest BCUT2D eigenvalue weighted by molar-refractivity contribution is 5.97. The number of piperidine rings is 1. The van der Waals surface area contributed by atoms with Crippen LogP contribution in [0.5, 0.6) is 0 Å². The lowest BCUT2D eigenvalue weighted by atomic mass is 9.90. The van der Waals surface area contributed by atoms with E-state index in [1.54, 1.807) is 6.08 Å². The third kappa shape index (κ3) is 4.73. The van der Waals surface area contributed by atoms with Crippen molar-refractivity contribution in [3.8, 4) is 6.07 Å². The summed E-state index contributed by atoms with van der Waals surface area (Å²) < 4.78 is 27.3. The van der Waals surface area contributed by atoms with Crippen LogP contribution in [0.2, 0.25) is 0 Å². The molecule has 0 radical (unpaired) electrons. The molecule has 3 fully saturated rings. The number of carbonyl (C=O) groups excluding carboxylic acids is 2. The van der Waals surface area contributed by atoms with Crippen LogP contribution < -0.4 is 16.1 Å². The molecule has 2 amide bonds. The largest absolute Gasteiger partial charge is 0.339 e. The second kappa shape index (κ2) is 7.46. The zero-order valence-electron chi connectivity index (χ0n) is 17.0. The van der Waals surface area contributed by atoms with Crippen LogP contribution in [0.15, 0.2) is 11.8 Å². The molecule has 4 aliphatic rings. The fraction of sp³-hybridized carbons (Fsp3) is 0.750. The Morgan fingerprint density at radius 1 is 1.37 bits per heavy atom. The number of nitriles is 1. The monoisotopic (exact) mass is 423 g/mol. The van der Waals surface area contributed by atoms with E-state index in [1.165, 1.54) is 12.8 Å². The van der Waals surface area contributed by atoms with Crippen LogP contribution in [-0.2, 0) is 14.4 Å². The Hall–Kier alpha value is -2.25. The maximum Gasteiger partial charge on any atom is 0.270 e. The lowest BCUT2D eigenvalue weighted by molar-refractivity contribution is -0.131. The first-order valence-electron chi connectivity index (χ1n) is 10.5. The Labute approximate surface area is 173 Å². The minimum absolute atomic E-state index is 0.119. The highest BCUT2D eigenvalue weighted by Gasteiger charge is 2.47. The third-order valence-corrected chi connectivity index (χ3v) is 6.23. The zero-order chi connectivity index (χ0) is 21.6. The summed E-state index contributed by atoms with van der Waals surface area (Å²) in [6.45, 7) is 2.44. The van der Waals surface area contributed by atoms with Gasteiger partial charge in [0.1, 0.15) is 22.9 Å². The second-order valence-corrected chi connectivity index (χ2v) is 9.08. The first kappa shape index (κ1) is 21.0. The Balaban J connectivity index is 1.39. The van der Waals surface area contributed by atoms with Gasteiger partial charge in [-0.3, -0.25) is 19.9 Å². The van der Waals surface area contributed by atoms with Gasteiger partial charge in [0.25, 0.3) is 5.91 Å². The number of halogens is 2. The molecule has 1 saturated heterocycles. The van der Waals surface area contributed by atoms with Gasteiger partial charge in [-0.1, -0.05) is 0 Å². The fourth-order valence-electron chi connectivity index (χ4n) is 4.06. The summed E-state index contributed by atoms with van der Waals surface area (Å²) in [6, 6.07) is 1.19. The quantitative estimate of drug-likeness (QED) is 0.566. The molecule has 2 aliphatic heterocycles. The summed E-state index contributed by atoms with van der Waals surface area (Å²) in [4.78, 5) is 33.3. The molecule has 2 saturated carbocycles. The molecule has 30 heavy (non-hydrogen) atoms. The predicted molar refractivity (Wildman–Crippen MR) is 102 cm³/mol. The predicted octanol–water partition coefficient (Wildman–Crippen LogP) is 1.10. The molecule has 8 nitrogen and oxygen atoms in total. The fourth-order valence-corrected chi connectivity index (χ4v) is 4.06. The van der Waals surface area contributed by atoms with Gasteiger partial charge in [0, 0.05) is 25.6 Å². The number of hydroxylamine groups is 1. The minimum atomic E-state index is -3.16. The van der Waals surface area contributed by atoms with Crippen molar-refractivity contribution in [3.05, 3.63) is 11.8 Å². The van der Waals surface area contributed by atoms with Crippen molar-refractivity contribution >= 4 is 11.8 Å². The molecule has 164 valence electrons. The van der Waals surface area contributed by atoms with E-state index in [1.807, 2.05) is 6.07 Å². The van der Waals surface area contributed by atoms with Crippen molar-refractivity contribution in [3.63, 3.8) is 0 Å². The topological polar surface area (TPSA) is 106 Å². The molecule has 2 heterocycles. The molecule has 1 spiro atoms. The van der Waals surface area contributed by atoms with Gasteiger partial charge in [-0.15, -0.1) is 0 Å². The number of alkyl halides is 2. The molecule has 0 bridgehead atoms. The maximum absolute atomic E-state index is 13.6. The highest BCUT2D eigenvalue weighted by Crippen LogP contribution is 2.37. The number of rotatable bonds is 7. The van der Waals surface area contributed by atoms with E-state index >= 15 is 0 Å². The standard InChI is InChI=1S/C20H27F2N5O3/c1-18(21,22)10-14(17(29)25-19(12-23)4-5-19)24-16(28)15-11-20(30-26-15)6-8-27(9-7-20)13-2-3-13/h11,13-14,26H,2-10H2,1H3,(H,24,28)(H,25,29)/t14-/m0/s1. The average molecular weight is 423 g/mol. The molecule has 10 heteroatoms. The molecule has 2 aliphatic carbocycles. The zero-order valence-corrected chi connectivity index (χ0v) is 17.0. The summed E-state index contributed by atoms with van der Waals surface area (Å²) in [5, 5.41) is 14.0. The van der Waals surface area contributed by atoms with E-state index in [-0.39, 0.29) is 5.70 Å². The Morgan fingerprint density at radius 3 is 2.57 bits per heavy atom. The SMILES string of the molecule is CC(F)(F)C[C@H](NC(=O)C1=CC2(CCN(C3CC3)CC2)ON1)C(=O)NC1(C#N)CC1. The number of hydrogen-bond donors (Lipinski definition) is 3. The number of nitrogens with one attached hydrogen (secondary N) is 3. The number of likely N-dealkylation sites (tertiary alicyclic amines) is 1. The molecule has 0 aromatic carbocycles. The van der Waals surface area contributed by atoms with E-state index in [0.29, 0.717) is 25.8 Å². The van der Waals surface area contributed by atoms with Gasteiger partial charge >= 0.3 is 0 Å². The summed E-state index contributed by atoms with van der Waals surface area (Å²) in [5.74, 6) is -4.62. The summed E-state index contributed by atoms with van der Waals surface area (Å²) in [6.07, 6.45) is 5.70. The number of carbonyl (C=O) groups is 2. The summed E-state index contributed by atoms with van der Waals surface area (Å²) >= 11 is 0. The normalized spacial score (nSPS) is 25.6. The average Bonchev–Trinajstić information content (AvgIpc) is 3.60.